The van der Waals surface area contributed by atoms with Crippen LogP contribution in [-0.4, -0.2) is 17.8 Å². The highest BCUT2D eigenvalue weighted by Crippen LogP contribution is 2.17. The van der Waals surface area contributed by atoms with Gasteiger partial charge in [-0.3, -0.25) is 0 Å². The lowest BCUT2D eigenvalue weighted by Gasteiger charge is -2.17. The first kappa shape index (κ1) is 14.2. The number of hydrogen-bond acceptors (Lipinski definition) is 2. The molecule has 0 amide bonds. The molecule has 3 heteroatoms. The standard InChI is InChI=1S/C14H20ClNO/c1-3-4-8-14(17)10-16-11(2)12-6-5-7-13(15)9-12/h3,5-7,9,11,14,16-17H,1,4,8,10H2,2H3. The third-order valence-electron chi connectivity index (χ3n) is 2.71. The lowest BCUT2D eigenvalue weighted by Crippen LogP contribution is -2.28. The van der Waals surface area contributed by atoms with E-state index in [2.05, 4.69) is 18.8 Å². The van der Waals surface area contributed by atoms with Crippen molar-refractivity contribution in [3.8, 4) is 0 Å². The molecule has 0 spiro atoms. The Balaban J connectivity index is 2.39. The van der Waals surface area contributed by atoms with Crippen LogP contribution in [0, 0.1) is 0 Å². The van der Waals surface area contributed by atoms with Crippen LogP contribution in [-0.2, 0) is 0 Å². The van der Waals surface area contributed by atoms with Crippen LogP contribution in [0.2, 0.25) is 5.02 Å². The minimum Gasteiger partial charge on any atom is -0.392 e. The second-order valence-electron chi connectivity index (χ2n) is 4.20. The average molecular weight is 254 g/mol. The van der Waals surface area contributed by atoms with E-state index < -0.39 is 0 Å². The summed E-state index contributed by atoms with van der Waals surface area (Å²) in [5.41, 5.74) is 1.13. The molecule has 2 nitrogen and oxygen atoms in total. The summed E-state index contributed by atoms with van der Waals surface area (Å²) in [5, 5.41) is 13.7. The van der Waals surface area contributed by atoms with Crippen molar-refractivity contribution in [3.63, 3.8) is 0 Å². The molecule has 1 aromatic rings. The zero-order chi connectivity index (χ0) is 12.7. The Morgan fingerprint density at radius 1 is 1.53 bits per heavy atom. The van der Waals surface area contributed by atoms with Gasteiger partial charge in [0.1, 0.15) is 0 Å². The number of rotatable bonds is 7. The van der Waals surface area contributed by atoms with Crippen LogP contribution in [0.4, 0.5) is 0 Å². The van der Waals surface area contributed by atoms with Gasteiger partial charge in [0, 0.05) is 17.6 Å². The van der Waals surface area contributed by atoms with Gasteiger partial charge in [-0.25, -0.2) is 0 Å². The molecule has 2 N–H and O–H groups in total. The van der Waals surface area contributed by atoms with E-state index in [1.165, 1.54) is 0 Å². The quantitative estimate of drug-likeness (QED) is 0.731. The number of benzene rings is 1. The maximum absolute atomic E-state index is 9.69. The molecule has 0 bridgehead atoms. The number of hydrogen-bond donors (Lipinski definition) is 2. The van der Waals surface area contributed by atoms with Crippen molar-refractivity contribution >= 4 is 11.6 Å². The molecule has 1 aromatic carbocycles. The highest BCUT2D eigenvalue weighted by Gasteiger charge is 2.08. The lowest BCUT2D eigenvalue weighted by molar-refractivity contribution is 0.159. The fourth-order valence-corrected chi connectivity index (χ4v) is 1.82. The van der Waals surface area contributed by atoms with Gasteiger partial charge in [-0.2, -0.15) is 0 Å². The summed E-state index contributed by atoms with van der Waals surface area (Å²) < 4.78 is 0. The Hall–Kier alpha value is -0.830. The highest BCUT2D eigenvalue weighted by molar-refractivity contribution is 6.30. The predicted octanol–water partition coefficient (Wildman–Crippen LogP) is 3.32. The summed E-state index contributed by atoms with van der Waals surface area (Å²) in [6.45, 7) is 6.29. The van der Waals surface area contributed by atoms with Gasteiger partial charge in [0.2, 0.25) is 0 Å². The molecule has 17 heavy (non-hydrogen) atoms. The summed E-state index contributed by atoms with van der Waals surface area (Å²) in [6.07, 6.45) is 3.09. The van der Waals surface area contributed by atoms with Crippen LogP contribution < -0.4 is 5.32 Å². The third-order valence-corrected chi connectivity index (χ3v) is 2.95. The van der Waals surface area contributed by atoms with E-state index >= 15 is 0 Å². The molecule has 2 atom stereocenters. The van der Waals surface area contributed by atoms with Gasteiger partial charge in [-0.1, -0.05) is 29.8 Å². The summed E-state index contributed by atoms with van der Waals surface area (Å²) in [7, 11) is 0. The molecule has 0 saturated heterocycles. The van der Waals surface area contributed by atoms with Crippen molar-refractivity contribution in [2.24, 2.45) is 0 Å². The molecule has 94 valence electrons. The molecule has 0 aliphatic heterocycles. The first-order chi connectivity index (χ1) is 8.13. The third kappa shape index (κ3) is 5.35. The lowest BCUT2D eigenvalue weighted by atomic mass is 10.1. The van der Waals surface area contributed by atoms with Crippen molar-refractivity contribution in [2.45, 2.75) is 31.9 Å². The van der Waals surface area contributed by atoms with E-state index in [1.807, 2.05) is 30.3 Å². The Morgan fingerprint density at radius 2 is 2.29 bits per heavy atom. The molecule has 0 radical (unpaired) electrons. The molecule has 0 aromatic heterocycles. The van der Waals surface area contributed by atoms with Crippen LogP contribution in [0.5, 0.6) is 0 Å². The van der Waals surface area contributed by atoms with Crippen molar-refractivity contribution in [3.05, 3.63) is 47.5 Å². The van der Waals surface area contributed by atoms with E-state index in [0.717, 1.165) is 23.4 Å². The summed E-state index contributed by atoms with van der Waals surface area (Å²) in [5.74, 6) is 0. The van der Waals surface area contributed by atoms with E-state index in [4.69, 9.17) is 11.6 Å². The number of aliphatic hydroxyl groups excluding tert-OH is 1. The average Bonchev–Trinajstić information content (AvgIpc) is 2.33. The number of aliphatic hydroxyl groups is 1. The number of allylic oxidation sites excluding steroid dienone is 1. The molecule has 2 unspecified atom stereocenters. The molecule has 0 heterocycles. The largest absolute Gasteiger partial charge is 0.392 e. The smallest absolute Gasteiger partial charge is 0.0667 e. The first-order valence-electron chi connectivity index (χ1n) is 5.91. The fourth-order valence-electron chi connectivity index (χ4n) is 1.62. The topological polar surface area (TPSA) is 32.3 Å². The van der Waals surface area contributed by atoms with Gasteiger partial charge < -0.3 is 10.4 Å². The molecule has 0 aliphatic carbocycles. The minimum absolute atomic E-state index is 0.187. The SMILES string of the molecule is C=CCCC(O)CNC(C)c1cccc(Cl)c1. The Bertz CT molecular complexity index is 354. The molecule has 1 rings (SSSR count). The number of halogens is 1. The Kier molecular flexibility index (Phi) is 6.27. The Morgan fingerprint density at radius 3 is 2.94 bits per heavy atom. The predicted molar refractivity (Wildman–Crippen MR) is 73.3 cm³/mol. The van der Waals surface area contributed by atoms with Gasteiger partial charge in [-0.15, -0.1) is 6.58 Å². The van der Waals surface area contributed by atoms with Crippen LogP contribution >= 0.6 is 11.6 Å². The second-order valence-corrected chi connectivity index (χ2v) is 4.64. The zero-order valence-corrected chi connectivity index (χ0v) is 11.0. The molecular formula is C14H20ClNO. The zero-order valence-electron chi connectivity index (χ0n) is 10.2. The van der Waals surface area contributed by atoms with Gasteiger partial charge in [-0.05, 0) is 37.5 Å². The Labute approximate surface area is 108 Å². The van der Waals surface area contributed by atoms with Crippen LogP contribution in [0.1, 0.15) is 31.4 Å². The van der Waals surface area contributed by atoms with Gasteiger partial charge in [0.25, 0.3) is 0 Å². The first-order valence-corrected chi connectivity index (χ1v) is 6.29. The van der Waals surface area contributed by atoms with Crippen molar-refractivity contribution in [1.82, 2.24) is 5.32 Å². The summed E-state index contributed by atoms with van der Waals surface area (Å²) in [6, 6.07) is 7.95. The molecule has 0 aliphatic rings. The maximum atomic E-state index is 9.69. The normalized spacial score (nSPS) is 14.3. The molecule has 0 fully saturated rings. The van der Waals surface area contributed by atoms with Crippen LogP contribution in [0.3, 0.4) is 0 Å². The second kappa shape index (κ2) is 7.49. The number of nitrogens with one attached hydrogen (secondary N) is 1. The minimum atomic E-state index is -0.324. The van der Waals surface area contributed by atoms with E-state index in [-0.39, 0.29) is 12.1 Å². The van der Waals surface area contributed by atoms with Crippen LogP contribution in [0.25, 0.3) is 0 Å². The summed E-state index contributed by atoms with van der Waals surface area (Å²) >= 11 is 5.93. The van der Waals surface area contributed by atoms with E-state index in [1.54, 1.807) is 0 Å². The van der Waals surface area contributed by atoms with E-state index in [9.17, 15) is 5.11 Å². The van der Waals surface area contributed by atoms with Gasteiger partial charge in [0.05, 0.1) is 6.10 Å². The highest BCUT2D eigenvalue weighted by atomic mass is 35.5. The van der Waals surface area contributed by atoms with Crippen molar-refractivity contribution in [2.75, 3.05) is 6.54 Å². The van der Waals surface area contributed by atoms with Crippen molar-refractivity contribution in [1.29, 1.82) is 0 Å². The van der Waals surface area contributed by atoms with Crippen LogP contribution in [0.15, 0.2) is 36.9 Å². The van der Waals surface area contributed by atoms with E-state index in [0.29, 0.717) is 6.54 Å². The molecular weight excluding hydrogens is 234 g/mol. The maximum Gasteiger partial charge on any atom is 0.0667 e. The molecule has 0 saturated carbocycles. The van der Waals surface area contributed by atoms with Gasteiger partial charge >= 0.3 is 0 Å². The van der Waals surface area contributed by atoms with Gasteiger partial charge in [0.15, 0.2) is 0 Å². The fraction of sp³-hybridized carbons (Fsp3) is 0.429. The monoisotopic (exact) mass is 253 g/mol. The van der Waals surface area contributed by atoms with Crippen molar-refractivity contribution < 1.29 is 5.11 Å². The summed E-state index contributed by atoms with van der Waals surface area (Å²) in [4.78, 5) is 0.